The quantitative estimate of drug-likeness (QED) is 0.875. The predicted octanol–water partition coefficient (Wildman–Crippen LogP) is 3.43. The lowest BCUT2D eigenvalue weighted by atomic mass is 10.0. The van der Waals surface area contributed by atoms with Crippen LogP contribution in [0.15, 0.2) is 18.2 Å². The summed E-state index contributed by atoms with van der Waals surface area (Å²) in [6.45, 7) is 4.48. The summed E-state index contributed by atoms with van der Waals surface area (Å²) < 4.78 is 11.4. The van der Waals surface area contributed by atoms with E-state index in [-0.39, 0.29) is 6.04 Å². The normalized spacial score (nSPS) is 17.9. The molecule has 0 spiro atoms. The molecule has 0 aliphatic carbocycles. The summed E-state index contributed by atoms with van der Waals surface area (Å²) in [6, 6.07) is 6.04. The standard InChI is InChI=1S/C16H24ClNO2/c1-2-14(18)10-13-4-3-5-15(17)16(13)20-11-12-6-8-19-9-7-12/h3-5,12,14H,2,6-11,18H2,1H3. The summed E-state index contributed by atoms with van der Waals surface area (Å²) in [5, 5.41) is 0.679. The van der Waals surface area contributed by atoms with Crippen LogP contribution in [0.3, 0.4) is 0 Å². The second-order valence-corrected chi connectivity index (χ2v) is 5.87. The lowest BCUT2D eigenvalue weighted by molar-refractivity contribution is 0.0496. The van der Waals surface area contributed by atoms with E-state index in [1.54, 1.807) is 0 Å². The van der Waals surface area contributed by atoms with Crippen molar-refractivity contribution in [2.24, 2.45) is 11.7 Å². The van der Waals surface area contributed by atoms with Crippen molar-refractivity contribution in [1.82, 2.24) is 0 Å². The van der Waals surface area contributed by atoms with Gasteiger partial charge in [0.05, 0.1) is 11.6 Å². The van der Waals surface area contributed by atoms with Crippen LogP contribution in [0.4, 0.5) is 0 Å². The first-order valence-electron chi connectivity index (χ1n) is 7.44. The van der Waals surface area contributed by atoms with Crippen LogP contribution < -0.4 is 10.5 Å². The maximum absolute atomic E-state index is 6.28. The number of hydrogen-bond donors (Lipinski definition) is 1. The first kappa shape index (κ1) is 15.6. The summed E-state index contributed by atoms with van der Waals surface area (Å²) in [7, 11) is 0. The van der Waals surface area contributed by atoms with Crippen molar-refractivity contribution in [2.45, 2.75) is 38.6 Å². The fourth-order valence-corrected chi connectivity index (χ4v) is 2.67. The molecule has 1 heterocycles. The summed E-state index contributed by atoms with van der Waals surface area (Å²) in [5.74, 6) is 1.37. The molecular weight excluding hydrogens is 274 g/mol. The Bertz CT molecular complexity index is 419. The molecule has 1 fully saturated rings. The molecule has 20 heavy (non-hydrogen) atoms. The van der Waals surface area contributed by atoms with Crippen molar-refractivity contribution in [1.29, 1.82) is 0 Å². The SMILES string of the molecule is CCC(N)Cc1cccc(Cl)c1OCC1CCOCC1. The van der Waals surface area contributed by atoms with E-state index in [2.05, 4.69) is 13.0 Å². The van der Waals surface area contributed by atoms with E-state index in [0.717, 1.165) is 50.2 Å². The van der Waals surface area contributed by atoms with E-state index in [1.165, 1.54) is 0 Å². The Morgan fingerprint density at radius 2 is 2.15 bits per heavy atom. The molecule has 0 saturated carbocycles. The Hall–Kier alpha value is -0.770. The zero-order chi connectivity index (χ0) is 14.4. The monoisotopic (exact) mass is 297 g/mol. The summed E-state index contributed by atoms with van der Waals surface area (Å²) in [6.07, 6.45) is 3.88. The van der Waals surface area contributed by atoms with Gasteiger partial charge in [0, 0.05) is 19.3 Å². The van der Waals surface area contributed by atoms with Crippen molar-refractivity contribution < 1.29 is 9.47 Å². The highest BCUT2D eigenvalue weighted by atomic mass is 35.5. The second kappa shape index (κ2) is 7.87. The van der Waals surface area contributed by atoms with Crippen molar-refractivity contribution >= 4 is 11.6 Å². The zero-order valence-electron chi connectivity index (χ0n) is 12.1. The van der Waals surface area contributed by atoms with Crippen LogP contribution in [-0.2, 0) is 11.2 Å². The molecule has 2 N–H and O–H groups in total. The molecule has 0 bridgehead atoms. The third-order valence-corrected chi connectivity index (χ3v) is 4.16. The van der Waals surface area contributed by atoms with Gasteiger partial charge < -0.3 is 15.2 Å². The van der Waals surface area contributed by atoms with Crippen LogP contribution in [0.1, 0.15) is 31.7 Å². The highest BCUT2D eigenvalue weighted by Crippen LogP contribution is 2.30. The smallest absolute Gasteiger partial charge is 0.141 e. The van der Waals surface area contributed by atoms with Gasteiger partial charge in [0.25, 0.3) is 0 Å². The Morgan fingerprint density at radius 1 is 1.40 bits per heavy atom. The van der Waals surface area contributed by atoms with Gasteiger partial charge >= 0.3 is 0 Å². The topological polar surface area (TPSA) is 44.5 Å². The Morgan fingerprint density at radius 3 is 2.85 bits per heavy atom. The van der Waals surface area contributed by atoms with Crippen LogP contribution in [0.5, 0.6) is 5.75 Å². The maximum atomic E-state index is 6.28. The largest absolute Gasteiger partial charge is 0.491 e. The molecule has 3 nitrogen and oxygen atoms in total. The van der Waals surface area contributed by atoms with Crippen LogP contribution in [0.25, 0.3) is 0 Å². The molecule has 0 aromatic heterocycles. The van der Waals surface area contributed by atoms with Crippen LogP contribution >= 0.6 is 11.6 Å². The molecule has 1 saturated heterocycles. The zero-order valence-corrected chi connectivity index (χ0v) is 12.9. The third kappa shape index (κ3) is 4.37. The molecule has 4 heteroatoms. The summed E-state index contributed by atoms with van der Waals surface area (Å²) >= 11 is 6.28. The van der Waals surface area contributed by atoms with Gasteiger partial charge in [0.15, 0.2) is 0 Å². The van der Waals surface area contributed by atoms with Crippen molar-refractivity contribution in [3.05, 3.63) is 28.8 Å². The maximum Gasteiger partial charge on any atom is 0.141 e. The molecular formula is C16H24ClNO2. The molecule has 1 aliphatic heterocycles. The third-order valence-electron chi connectivity index (χ3n) is 3.86. The second-order valence-electron chi connectivity index (χ2n) is 5.47. The first-order chi connectivity index (χ1) is 9.70. The first-order valence-corrected chi connectivity index (χ1v) is 7.82. The molecule has 1 aromatic carbocycles. The van der Waals surface area contributed by atoms with E-state index in [0.29, 0.717) is 17.5 Å². The Labute approximate surface area is 126 Å². The van der Waals surface area contributed by atoms with Crippen molar-refractivity contribution in [2.75, 3.05) is 19.8 Å². The number of para-hydroxylation sites is 1. The minimum Gasteiger partial charge on any atom is -0.491 e. The average Bonchev–Trinajstić information content (AvgIpc) is 2.47. The van der Waals surface area contributed by atoms with Gasteiger partial charge in [0.1, 0.15) is 5.75 Å². The van der Waals surface area contributed by atoms with Gasteiger partial charge in [-0.15, -0.1) is 0 Å². The molecule has 0 radical (unpaired) electrons. The van der Waals surface area contributed by atoms with E-state index in [4.69, 9.17) is 26.8 Å². The summed E-state index contributed by atoms with van der Waals surface area (Å²) in [5.41, 5.74) is 7.16. The number of nitrogens with two attached hydrogens (primary N) is 1. The average molecular weight is 298 g/mol. The molecule has 112 valence electrons. The van der Waals surface area contributed by atoms with Gasteiger partial charge in [0.2, 0.25) is 0 Å². The molecule has 1 atom stereocenters. The molecule has 1 unspecified atom stereocenters. The number of hydrogen-bond acceptors (Lipinski definition) is 3. The van der Waals surface area contributed by atoms with E-state index in [1.807, 2.05) is 12.1 Å². The summed E-state index contributed by atoms with van der Waals surface area (Å²) in [4.78, 5) is 0. The van der Waals surface area contributed by atoms with E-state index >= 15 is 0 Å². The minimum atomic E-state index is 0.152. The number of rotatable bonds is 6. The van der Waals surface area contributed by atoms with Gasteiger partial charge in [-0.3, -0.25) is 0 Å². The van der Waals surface area contributed by atoms with Crippen LogP contribution in [0.2, 0.25) is 5.02 Å². The Balaban J connectivity index is 2.01. The van der Waals surface area contributed by atoms with Crippen LogP contribution in [-0.4, -0.2) is 25.9 Å². The molecule has 2 rings (SSSR count). The highest BCUT2D eigenvalue weighted by Gasteiger charge is 2.17. The molecule has 1 aromatic rings. The van der Waals surface area contributed by atoms with Gasteiger partial charge in [-0.05, 0) is 43.2 Å². The minimum absolute atomic E-state index is 0.152. The van der Waals surface area contributed by atoms with Crippen LogP contribution in [0, 0.1) is 5.92 Å². The van der Waals surface area contributed by atoms with Crippen molar-refractivity contribution in [3.63, 3.8) is 0 Å². The molecule has 0 amide bonds. The van der Waals surface area contributed by atoms with Gasteiger partial charge in [-0.2, -0.15) is 0 Å². The lowest BCUT2D eigenvalue weighted by Crippen LogP contribution is -2.23. The Kier molecular flexibility index (Phi) is 6.14. The molecule has 1 aliphatic rings. The number of ether oxygens (including phenoxy) is 2. The van der Waals surface area contributed by atoms with E-state index in [9.17, 15) is 0 Å². The fraction of sp³-hybridized carbons (Fsp3) is 0.625. The lowest BCUT2D eigenvalue weighted by Gasteiger charge is -2.23. The van der Waals surface area contributed by atoms with E-state index < -0.39 is 0 Å². The van der Waals surface area contributed by atoms with Gasteiger partial charge in [-0.1, -0.05) is 30.7 Å². The number of benzene rings is 1. The highest BCUT2D eigenvalue weighted by molar-refractivity contribution is 6.32. The van der Waals surface area contributed by atoms with Crippen molar-refractivity contribution in [3.8, 4) is 5.75 Å². The predicted molar refractivity (Wildman–Crippen MR) is 82.5 cm³/mol. The van der Waals surface area contributed by atoms with Gasteiger partial charge in [-0.25, -0.2) is 0 Å². The fourth-order valence-electron chi connectivity index (χ4n) is 2.42. The number of halogens is 1.